The van der Waals surface area contributed by atoms with Crippen LogP contribution in [-0.2, 0) is 22.4 Å². The van der Waals surface area contributed by atoms with Gasteiger partial charge in [0.05, 0.1) is 0 Å². The number of rotatable bonds is 6. The second kappa shape index (κ2) is 11.3. The van der Waals surface area contributed by atoms with Gasteiger partial charge >= 0.3 is 18.1 Å². The Hall–Kier alpha value is -4.40. The van der Waals surface area contributed by atoms with Crippen LogP contribution < -0.4 is 0 Å². The molecule has 1 aromatic heterocycles. The van der Waals surface area contributed by atoms with Gasteiger partial charge in [0.1, 0.15) is 24.3 Å². The Labute approximate surface area is 216 Å². The molecule has 0 saturated heterocycles. The van der Waals surface area contributed by atoms with Gasteiger partial charge in [-0.25, -0.2) is 9.37 Å². The molecule has 196 valence electrons. The van der Waals surface area contributed by atoms with E-state index in [4.69, 9.17) is 19.4 Å². The number of carboxylic acids is 2. The van der Waals surface area contributed by atoms with Gasteiger partial charge in [0.2, 0.25) is 0 Å². The van der Waals surface area contributed by atoms with Crippen LogP contribution in [0.5, 0.6) is 0 Å². The van der Waals surface area contributed by atoms with E-state index in [-0.39, 0.29) is 6.42 Å². The Morgan fingerprint density at radius 2 is 1.66 bits per heavy atom. The smallest absolute Gasteiger partial charge is 0.481 e. The molecule has 1 aliphatic rings. The summed E-state index contributed by atoms with van der Waals surface area (Å²) in [6.07, 6.45) is -1.04. The highest BCUT2D eigenvalue weighted by molar-refractivity contribution is 5.85. The van der Waals surface area contributed by atoms with Gasteiger partial charge in [-0.3, -0.25) is 4.79 Å². The second-order valence-corrected chi connectivity index (χ2v) is 8.92. The van der Waals surface area contributed by atoms with Gasteiger partial charge in [-0.2, -0.15) is 13.2 Å². The summed E-state index contributed by atoms with van der Waals surface area (Å²) in [6, 6.07) is 25.4. The van der Waals surface area contributed by atoms with E-state index in [1.165, 1.54) is 16.7 Å². The molecule has 0 unspecified atom stereocenters. The molecule has 9 heteroatoms. The van der Waals surface area contributed by atoms with Crippen molar-refractivity contribution >= 4 is 29.1 Å². The minimum Gasteiger partial charge on any atom is -0.481 e. The van der Waals surface area contributed by atoms with Gasteiger partial charge in [0, 0.05) is 22.9 Å². The summed E-state index contributed by atoms with van der Waals surface area (Å²) in [7, 11) is 0. The minimum absolute atomic E-state index is 0.162. The number of hydrogen-bond acceptors (Lipinski definition) is 3. The molecular formula is C29H25F3NO5+. The molecule has 0 atom stereocenters. The second-order valence-electron chi connectivity index (χ2n) is 8.92. The third-order valence-corrected chi connectivity index (χ3v) is 6.10. The van der Waals surface area contributed by atoms with E-state index < -0.39 is 18.1 Å². The van der Waals surface area contributed by atoms with Gasteiger partial charge in [-0.15, -0.1) is 0 Å². The number of benzene rings is 3. The highest BCUT2D eigenvalue weighted by atomic mass is 19.4. The fourth-order valence-electron chi connectivity index (χ4n) is 4.22. The summed E-state index contributed by atoms with van der Waals surface area (Å²) >= 11 is 0. The zero-order valence-corrected chi connectivity index (χ0v) is 20.2. The summed E-state index contributed by atoms with van der Waals surface area (Å²) in [6.45, 7) is 1.39. The third kappa shape index (κ3) is 6.88. The maximum Gasteiger partial charge on any atom is 0.490 e. The van der Waals surface area contributed by atoms with Crippen LogP contribution in [0.25, 0.3) is 22.3 Å². The predicted molar refractivity (Wildman–Crippen MR) is 136 cm³/mol. The largest absolute Gasteiger partial charge is 0.490 e. The average Bonchev–Trinajstić information content (AvgIpc) is 3.31. The van der Waals surface area contributed by atoms with Crippen molar-refractivity contribution in [2.24, 2.45) is 0 Å². The first-order valence-electron chi connectivity index (χ1n) is 11.9. The Bertz CT molecular complexity index is 1490. The van der Waals surface area contributed by atoms with Crippen molar-refractivity contribution in [2.75, 3.05) is 13.1 Å². The maximum absolute atomic E-state index is 10.8. The van der Waals surface area contributed by atoms with Gasteiger partial charge in [0.25, 0.3) is 0 Å². The summed E-state index contributed by atoms with van der Waals surface area (Å²) < 4.78 is 40.0. The van der Waals surface area contributed by atoms with Gasteiger partial charge in [-0.05, 0) is 53.4 Å². The Kier molecular flexibility index (Phi) is 7.95. The maximum atomic E-state index is 10.8. The Balaban J connectivity index is 0.000000426. The summed E-state index contributed by atoms with van der Waals surface area (Å²) in [5.41, 5.74) is 6.97. The topological polar surface area (TPSA) is 90.8 Å². The van der Waals surface area contributed by atoms with Crippen molar-refractivity contribution in [1.29, 1.82) is 0 Å². The van der Waals surface area contributed by atoms with Crippen molar-refractivity contribution < 1.29 is 42.0 Å². The molecule has 0 aliphatic carbocycles. The molecule has 0 spiro atoms. The Morgan fingerprint density at radius 3 is 2.34 bits per heavy atom. The van der Waals surface area contributed by atoms with Crippen LogP contribution >= 0.6 is 0 Å². The van der Waals surface area contributed by atoms with Crippen LogP contribution in [0.15, 0.2) is 77.2 Å². The van der Waals surface area contributed by atoms with Crippen molar-refractivity contribution in [1.82, 2.24) is 0 Å². The van der Waals surface area contributed by atoms with E-state index in [1.54, 1.807) is 0 Å². The van der Waals surface area contributed by atoms with E-state index in [2.05, 4.69) is 77.5 Å². The van der Waals surface area contributed by atoms with E-state index in [1.807, 2.05) is 6.07 Å². The average molecular weight is 525 g/mol. The lowest BCUT2D eigenvalue weighted by Gasteiger charge is -2.13. The number of aliphatic carboxylic acids is 2. The molecule has 0 saturated carbocycles. The first-order chi connectivity index (χ1) is 18.1. The normalized spacial score (nSPS) is 12.8. The van der Waals surface area contributed by atoms with Crippen LogP contribution in [0.2, 0.25) is 0 Å². The fourth-order valence-corrected chi connectivity index (χ4v) is 4.22. The van der Waals surface area contributed by atoms with E-state index in [0.29, 0.717) is 6.54 Å². The zero-order chi connectivity index (χ0) is 27.3. The van der Waals surface area contributed by atoms with Crippen molar-refractivity contribution in [3.05, 3.63) is 95.1 Å². The molecule has 1 aliphatic heterocycles. The molecule has 0 bridgehead atoms. The lowest BCUT2D eigenvalue weighted by molar-refractivity contribution is -0.523. The number of hydrogen-bond donors (Lipinski definition) is 2. The molecular weight excluding hydrogens is 499 g/mol. The predicted octanol–water partition coefficient (Wildman–Crippen LogP) is 5.79. The molecule has 3 aromatic carbocycles. The molecule has 38 heavy (non-hydrogen) atoms. The molecule has 2 heterocycles. The van der Waals surface area contributed by atoms with Gasteiger partial charge < -0.3 is 14.6 Å². The Morgan fingerprint density at radius 1 is 0.921 bits per heavy atom. The number of alkyl halides is 3. The van der Waals surface area contributed by atoms with Crippen molar-refractivity contribution in [2.45, 2.75) is 25.4 Å². The summed E-state index contributed by atoms with van der Waals surface area (Å²) in [4.78, 5) is 19.7. The van der Waals surface area contributed by atoms with Gasteiger partial charge in [0.15, 0.2) is 12.8 Å². The minimum atomic E-state index is -5.08. The van der Waals surface area contributed by atoms with Crippen molar-refractivity contribution in [3.8, 4) is 11.3 Å². The van der Waals surface area contributed by atoms with Gasteiger partial charge in [-0.1, -0.05) is 42.5 Å². The number of nitrogens with zero attached hydrogens (tertiary/aromatic N) is 1. The molecule has 0 radical (unpaired) electrons. The highest BCUT2D eigenvalue weighted by Gasteiger charge is 2.38. The number of fused-ring (bicyclic) bond motifs is 2. The van der Waals surface area contributed by atoms with E-state index in [9.17, 15) is 18.0 Å². The monoisotopic (exact) mass is 524 g/mol. The molecule has 2 N–H and O–H groups in total. The number of furan rings is 1. The first-order valence-corrected chi connectivity index (χ1v) is 11.9. The molecule has 0 amide bonds. The quantitative estimate of drug-likeness (QED) is 0.312. The van der Waals surface area contributed by atoms with Crippen LogP contribution in [0.4, 0.5) is 13.2 Å². The SMILES string of the molecule is O=C(O)C(F)(F)F.O=C(O)CC[N+]1=Cc2ccc(-c3cc4cc(Cc5ccccc5)ccc4o3)cc2CC1. The lowest BCUT2D eigenvalue weighted by atomic mass is 9.98. The molecule has 6 nitrogen and oxygen atoms in total. The molecule has 5 rings (SSSR count). The van der Waals surface area contributed by atoms with Crippen LogP contribution in [-0.4, -0.2) is 52.2 Å². The molecule has 4 aromatic rings. The standard InChI is InChI=1S/C27H23NO3.C2HF3O2/c29-27(30)11-13-28-12-10-21-16-22(7-8-23(21)18-28)26-17-24-15-20(6-9-25(24)31-26)14-19-4-2-1-3-5-19;3-2(4,5)1(6)7/h1-9,15-18H,10-14H2;(H,6,7)/p+1. The van der Waals surface area contributed by atoms with E-state index >= 15 is 0 Å². The van der Waals surface area contributed by atoms with Crippen LogP contribution in [0.1, 0.15) is 28.7 Å². The fraction of sp³-hybridized carbons (Fsp3) is 0.207. The molecule has 0 fully saturated rings. The summed E-state index contributed by atoms with van der Waals surface area (Å²) in [5.74, 6) is -2.64. The van der Waals surface area contributed by atoms with E-state index in [0.717, 1.165) is 47.2 Å². The first kappa shape index (κ1) is 26.7. The number of halogens is 3. The zero-order valence-electron chi connectivity index (χ0n) is 20.2. The number of carbonyl (C=O) groups is 2. The lowest BCUT2D eigenvalue weighted by Crippen LogP contribution is -2.25. The number of carboxylic acid groups (broad SMARTS) is 2. The highest BCUT2D eigenvalue weighted by Crippen LogP contribution is 2.30. The van der Waals surface area contributed by atoms with Crippen LogP contribution in [0, 0.1) is 0 Å². The van der Waals surface area contributed by atoms with Crippen molar-refractivity contribution in [3.63, 3.8) is 0 Å². The third-order valence-electron chi connectivity index (χ3n) is 6.10. The summed E-state index contributed by atoms with van der Waals surface area (Å²) in [5, 5.41) is 17.1. The van der Waals surface area contributed by atoms with Crippen LogP contribution in [0.3, 0.4) is 0 Å².